The van der Waals surface area contributed by atoms with Crippen LogP contribution in [-0.2, 0) is 15.9 Å². The lowest BCUT2D eigenvalue weighted by molar-refractivity contribution is -0.0366. The molecule has 3 rings (SSSR count). The molecule has 6 heteroatoms. The fourth-order valence-electron chi connectivity index (χ4n) is 3.11. The zero-order valence-corrected chi connectivity index (χ0v) is 15.2. The number of benzene rings is 1. The fourth-order valence-corrected chi connectivity index (χ4v) is 3.11. The number of hydrogen-bond acceptors (Lipinski definition) is 4. The van der Waals surface area contributed by atoms with Crippen LogP contribution in [0.1, 0.15) is 51.8 Å². The Morgan fingerprint density at radius 2 is 2.24 bits per heavy atom. The second-order valence-electron chi connectivity index (χ2n) is 7.44. The molecule has 0 radical (unpaired) electrons. The summed E-state index contributed by atoms with van der Waals surface area (Å²) < 4.78 is 13.1. The molecule has 1 N–H and O–H groups in total. The van der Waals surface area contributed by atoms with Crippen molar-refractivity contribution in [1.29, 1.82) is 0 Å². The Morgan fingerprint density at radius 1 is 1.40 bits per heavy atom. The van der Waals surface area contributed by atoms with Crippen molar-refractivity contribution >= 4 is 17.0 Å². The lowest BCUT2D eigenvalue weighted by atomic mass is 10.1. The summed E-state index contributed by atoms with van der Waals surface area (Å²) in [4.78, 5) is 11.8. The van der Waals surface area contributed by atoms with Gasteiger partial charge in [0.15, 0.2) is 6.23 Å². The first-order chi connectivity index (χ1) is 11.9. The van der Waals surface area contributed by atoms with Crippen LogP contribution in [0.15, 0.2) is 24.4 Å². The average molecular weight is 345 g/mol. The van der Waals surface area contributed by atoms with Crippen LogP contribution in [0, 0.1) is 0 Å². The van der Waals surface area contributed by atoms with Crippen molar-refractivity contribution in [1.82, 2.24) is 15.1 Å². The highest BCUT2D eigenvalue weighted by atomic mass is 16.6. The molecule has 2 heterocycles. The predicted molar refractivity (Wildman–Crippen MR) is 96.5 cm³/mol. The summed E-state index contributed by atoms with van der Waals surface area (Å²) in [7, 11) is 0. The zero-order chi connectivity index (χ0) is 17.9. The molecule has 0 bridgehead atoms. The van der Waals surface area contributed by atoms with Gasteiger partial charge >= 0.3 is 6.09 Å². The van der Waals surface area contributed by atoms with E-state index in [1.165, 1.54) is 6.42 Å². The molecule has 1 unspecified atom stereocenters. The van der Waals surface area contributed by atoms with E-state index in [2.05, 4.69) is 22.5 Å². The van der Waals surface area contributed by atoms with Gasteiger partial charge in [-0.15, -0.1) is 0 Å². The van der Waals surface area contributed by atoms with Crippen LogP contribution in [0.3, 0.4) is 0 Å². The summed E-state index contributed by atoms with van der Waals surface area (Å²) >= 11 is 0. The second kappa shape index (κ2) is 7.44. The Balaban J connectivity index is 1.66. The SMILES string of the molecule is CC(C)(C)OC(=O)NCCc1cccc2c1cnn2C1CCCCO1. The van der Waals surface area contributed by atoms with E-state index in [1.807, 2.05) is 37.7 Å². The van der Waals surface area contributed by atoms with Gasteiger partial charge < -0.3 is 14.8 Å². The normalized spacial score (nSPS) is 18.3. The molecule has 1 aliphatic heterocycles. The minimum atomic E-state index is -0.481. The Labute approximate surface area is 148 Å². The fraction of sp³-hybridized carbons (Fsp3) is 0.579. The topological polar surface area (TPSA) is 65.4 Å². The Bertz CT molecular complexity index is 727. The molecule has 25 heavy (non-hydrogen) atoms. The largest absolute Gasteiger partial charge is 0.444 e. The summed E-state index contributed by atoms with van der Waals surface area (Å²) in [5.74, 6) is 0. The number of hydrogen-bond donors (Lipinski definition) is 1. The molecule has 1 fully saturated rings. The van der Waals surface area contributed by atoms with E-state index in [0.29, 0.717) is 6.54 Å². The van der Waals surface area contributed by atoms with Crippen LogP contribution in [0.5, 0.6) is 0 Å². The van der Waals surface area contributed by atoms with Gasteiger partial charge in [-0.25, -0.2) is 9.48 Å². The first-order valence-electron chi connectivity index (χ1n) is 8.97. The van der Waals surface area contributed by atoms with Crippen LogP contribution in [0.4, 0.5) is 4.79 Å². The third-order valence-corrected chi connectivity index (χ3v) is 4.22. The minimum Gasteiger partial charge on any atom is -0.444 e. The zero-order valence-electron chi connectivity index (χ0n) is 15.2. The van der Waals surface area contributed by atoms with E-state index < -0.39 is 5.60 Å². The van der Waals surface area contributed by atoms with E-state index in [0.717, 1.165) is 42.3 Å². The maximum Gasteiger partial charge on any atom is 0.407 e. The van der Waals surface area contributed by atoms with Crippen LogP contribution < -0.4 is 5.32 Å². The van der Waals surface area contributed by atoms with Gasteiger partial charge in [-0.3, -0.25) is 0 Å². The molecule has 1 amide bonds. The number of aromatic nitrogens is 2. The molecule has 136 valence electrons. The summed E-state index contributed by atoms with van der Waals surface area (Å²) in [5, 5.41) is 8.47. The smallest absolute Gasteiger partial charge is 0.407 e. The third-order valence-electron chi connectivity index (χ3n) is 4.22. The molecule has 2 aromatic rings. The highest BCUT2D eigenvalue weighted by Crippen LogP contribution is 2.27. The maximum atomic E-state index is 11.8. The lowest BCUT2D eigenvalue weighted by Gasteiger charge is -2.23. The standard InChI is InChI=1S/C19H27N3O3/c1-19(2,3)25-18(23)20-11-10-14-7-6-8-16-15(14)13-21-22(16)17-9-4-5-12-24-17/h6-8,13,17H,4-5,9-12H2,1-3H3,(H,20,23). The average Bonchev–Trinajstić information content (AvgIpc) is 2.99. The van der Waals surface area contributed by atoms with Gasteiger partial charge in [0.2, 0.25) is 0 Å². The molecule has 1 aromatic heterocycles. The van der Waals surface area contributed by atoms with Crippen LogP contribution in [-0.4, -0.2) is 34.6 Å². The number of carbonyl (C=O) groups is 1. The number of nitrogens with zero attached hydrogens (tertiary/aromatic N) is 2. The third kappa shape index (κ3) is 4.51. The molecule has 0 aliphatic carbocycles. The van der Waals surface area contributed by atoms with Crippen LogP contribution in [0.2, 0.25) is 0 Å². The van der Waals surface area contributed by atoms with Gasteiger partial charge in [0, 0.05) is 18.5 Å². The van der Waals surface area contributed by atoms with E-state index in [4.69, 9.17) is 9.47 Å². The lowest BCUT2D eigenvalue weighted by Crippen LogP contribution is -2.33. The van der Waals surface area contributed by atoms with Gasteiger partial charge in [-0.2, -0.15) is 5.10 Å². The van der Waals surface area contributed by atoms with Gasteiger partial charge in [-0.1, -0.05) is 12.1 Å². The van der Waals surface area contributed by atoms with E-state index in [1.54, 1.807) is 0 Å². The van der Waals surface area contributed by atoms with Gasteiger partial charge in [-0.05, 0) is 58.1 Å². The molecule has 1 atom stereocenters. The molecule has 1 aliphatic rings. The summed E-state index contributed by atoms with van der Waals surface area (Å²) in [6.45, 7) is 6.89. The van der Waals surface area contributed by atoms with E-state index in [-0.39, 0.29) is 12.3 Å². The second-order valence-corrected chi connectivity index (χ2v) is 7.44. The number of carbonyl (C=O) groups excluding carboxylic acids is 1. The first kappa shape index (κ1) is 17.7. The summed E-state index contributed by atoms with van der Waals surface area (Å²) in [5.41, 5.74) is 1.77. The molecule has 0 spiro atoms. The van der Waals surface area contributed by atoms with Crippen molar-refractivity contribution in [2.45, 2.75) is 58.3 Å². The number of amides is 1. The molecule has 1 saturated heterocycles. The van der Waals surface area contributed by atoms with Crippen molar-refractivity contribution in [2.75, 3.05) is 13.2 Å². The number of alkyl carbamates (subject to hydrolysis) is 1. The molecular formula is C19H27N3O3. The van der Waals surface area contributed by atoms with Crippen LogP contribution in [0.25, 0.3) is 10.9 Å². The van der Waals surface area contributed by atoms with Crippen molar-refractivity contribution in [3.05, 3.63) is 30.0 Å². The number of fused-ring (bicyclic) bond motifs is 1. The molecule has 1 aromatic carbocycles. The van der Waals surface area contributed by atoms with Crippen molar-refractivity contribution < 1.29 is 14.3 Å². The van der Waals surface area contributed by atoms with Gasteiger partial charge in [0.1, 0.15) is 5.60 Å². The monoisotopic (exact) mass is 345 g/mol. The van der Waals surface area contributed by atoms with Gasteiger partial charge in [0.05, 0.1) is 11.7 Å². The molecule has 6 nitrogen and oxygen atoms in total. The Kier molecular flexibility index (Phi) is 5.27. The van der Waals surface area contributed by atoms with Gasteiger partial charge in [0.25, 0.3) is 0 Å². The Hall–Kier alpha value is -2.08. The minimum absolute atomic E-state index is 0.0291. The quantitative estimate of drug-likeness (QED) is 0.915. The molecular weight excluding hydrogens is 318 g/mol. The number of rotatable bonds is 4. The molecule has 0 saturated carbocycles. The number of ether oxygens (including phenoxy) is 2. The highest BCUT2D eigenvalue weighted by molar-refractivity contribution is 5.82. The summed E-state index contributed by atoms with van der Waals surface area (Å²) in [6, 6.07) is 6.18. The highest BCUT2D eigenvalue weighted by Gasteiger charge is 2.19. The van der Waals surface area contributed by atoms with E-state index >= 15 is 0 Å². The van der Waals surface area contributed by atoms with E-state index in [9.17, 15) is 4.79 Å². The van der Waals surface area contributed by atoms with Crippen molar-refractivity contribution in [2.24, 2.45) is 0 Å². The first-order valence-corrected chi connectivity index (χ1v) is 8.97. The van der Waals surface area contributed by atoms with Crippen molar-refractivity contribution in [3.8, 4) is 0 Å². The number of nitrogens with one attached hydrogen (secondary N) is 1. The van der Waals surface area contributed by atoms with Crippen molar-refractivity contribution in [3.63, 3.8) is 0 Å². The summed E-state index contributed by atoms with van der Waals surface area (Å²) in [6.07, 6.45) is 5.57. The maximum absolute atomic E-state index is 11.8. The Morgan fingerprint density at radius 3 is 2.96 bits per heavy atom. The predicted octanol–water partition coefficient (Wildman–Crippen LogP) is 3.80. The van der Waals surface area contributed by atoms with Crippen LogP contribution >= 0.6 is 0 Å².